The van der Waals surface area contributed by atoms with Crippen molar-refractivity contribution in [3.63, 3.8) is 0 Å². The highest BCUT2D eigenvalue weighted by molar-refractivity contribution is 5.83. The third kappa shape index (κ3) is 3.16. The van der Waals surface area contributed by atoms with Crippen molar-refractivity contribution in [1.29, 1.82) is 0 Å². The predicted octanol–water partition coefficient (Wildman–Crippen LogP) is 2.62. The first-order valence-corrected chi connectivity index (χ1v) is 5.02. The summed E-state index contributed by atoms with van der Waals surface area (Å²) in [4.78, 5) is 12.6. The molecule has 1 rings (SSSR count). The van der Waals surface area contributed by atoms with Crippen molar-refractivity contribution in [3.05, 3.63) is 24.3 Å². The van der Waals surface area contributed by atoms with Crippen LogP contribution in [0.4, 0.5) is 16.2 Å². The third-order valence-corrected chi connectivity index (χ3v) is 2.25. The van der Waals surface area contributed by atoms with Gasteiger partial charge in [-0.05, 0) is 38.1 Å². The second-order valence-corrected chi connectivity index (χ2v) is 3.15. The number of carbonyl (C=O) groups is 1. The molecule has 82 valence electrons. The molecule has 4 heteroatoms. The molecule has 2 N–H and O–H groups in total. The zero-order valence-electron chi connectivity index (χ0n) is 9.03. The van der Waals surface area contributed by atoms with E-state index in [9.17, 15) is 4.79 Å². The average Bonchev–Trinajstić information content (AvgIpc) is 2.21. The number of nitrogens with zero attached hydrogens (tertiary/aromatic N) is 1. The van der Waals surface area contributed by atoms with Crippen molar-refractivity contribution in [3.8, 4) is 0 Å². The molecule has 0 aliphatic rings. The summed E-state index contributed by atoms with van der Waals surface area (Å²) in [5, 5.41) is 10.8. The van der Waals surface area contributed by atoms with Gasteiger partial charge in [0.2, 0.25) is 0 Å². The molecular weight excluding hydrogens is 192 g/mol. The van der Waals surface area contributed by atoms with Crippen LogP contribution in [0.25, 0.3) is 0 Å². The maximum atomic E-state index is 10.4. The molecule has 0 heterocycles. The molecule has 0 saturated carbocycles. The number of anilines is 2. The minimum atomic E-state index is -1.04. The van der Waals surface area contributed by atoms with E-state index >= 15 is 0 Å². The van der Waals surface area contributed by atoms with Gasteiger partial charge in [0.25, 0.3) is 0 Å². The molecule has 0 fully saturated rings. The minimum absolute atomic E-state index is 0.596. The van der Waals surface area contributed by atoms with Crippen LogP contribution in [-0.2, 0) is 0 Å². The fourth-order valence-corrected chi connectivity index (χ4v) is 1.47. The van der Waals surface area contributed by atoms with Gasteiger partial charge in [0, 0.05) is 24.5 Å². The van der Waals surface area contributed by atoms with Crippen molar-refractivity contribution < 1.29 is 9.90 Å². The highest BCUT2D eigenvalue weighted by atomic mass is 16.4. The van der Waals surface area contributed by atoms with Crippen molar-refractivity contribution in [2.75, 3.05) is 23.3 Å². The lowest BCUT2D eigenvalue weighted by molar-refractivity contribution is 0.210. The van der Waals surface area contributed by atoms with E-state index in [2.05, 4.69) is 24.1 Å². The van der Waals surface area contributed by atoms with Gasteiger partial charge in [0.15, 0.2) is 0 Å². The molecule has 4 nitrogen and oxygen atoms in total. The fourth-order valence-electron chi connectivity index (χ4n) is 1.47. The summed E-state index contributed by atoms with van der Waals surface area (Å²) in [6.07, 6.45) is -1.04. The molecule has 0 atom stereocenters. The van der Waals surface area contributed by atoms with E-state index < -0.39 is 6.09 Å². The molecule has 0 bridgehead atoms. The SMILES string of the molecule is CCN(CC)c1ccc(NC(=O)O)cc1. The second-order valence-electron chi connectivity index (χ2n) is 3.15. The summed E-state index contributed by atoms with van der Waals surface area (Å²) in [6, 6.07) is 7.36. The summed E-state index contributed by atoms with van der Waals surface area (Å²) in [5.41, 5.74) is 1.70. The Morgan fingerprint density at radius 1 is 1.27 bits per heavy atom. The maximum absolute atomic E-state index is 10.4. The van der Waals surface area contributed by atoms with E-state index in [1.165, 1.54) is 0 Å². The van der Waals surface area contributed by atoms with E-state index in [1.54, 1.807) is 12.1 Å². The van der Waals surface area contributed by atoms with Crippen LogP contribution in [-0.4, -0.2) is 24.3 Å². The van der Waals surface area contributed by atoms with Gasteiger partial charge in [0.05, 0.1) is 0 Å². The van der Waals surface area contributed by atoms with Gasteiger partial charge in [-0.15, -0.1) is 0 Å². The first-order chi connectivity index (χ1) is 7.17. The molecule has 1 aromatic carbocycles. The fraction of sp³-hybridized carbons (Fsp3) is 0.364. The lowest BCUT2D eigenvalue weighted by atomic mass is 10.2. The van der Waals surface area contributed by atoms with Crippen LogP contribution in [0.1, 0.15) is 13.8 Å². The average molecular weight is 208 g/mol. The van der Waals surface area contributed by atoms with E-state index in [1.807, 2.05) is 12.1 Å². The van der Waals surface area contributed by atoms with E-state index in [0.29, 0.717) is 5.69 Å². The standard InChI is InChI=1S/C11H16N2O2/c1-3-13(4-2)10-7-5-9(6-8-10)12-11(14)15/h5-8,12H,3-4H2,1-2H3,(H,14,15). The Hall–Kier alpha value is -1.71. The predicted molar refractivity (Wildman–Crippen MR) is 61.7 cm³/mol. The normalized spacial score (nSPS) is 9.73. The van der Waals surface area contributed by atoms with Crippen LogP contribution in [0.2, 0.25) is 0 Å². The summed E-state index contributed by atoms with van der Waals surface area (Å²) in [5.74, 6) is 0. The molecule has 0 radical (unpaired) electrons. The van der Waals surface area contributed by atoms with Gasteiger partial charge in [-0.3, -0.25) is 5.32 Å². The number of rotatable bonds is 4. The Kier molecular flexibility index (Phi) is 3.97. The Bertz CT molecular complexity index is 318. The van der Waals surface area contributed by atoms with Gasteiger partial charge in [-0.1, -0.05) is 0 Å². The highest BCUT2D eigenvalue weighted by Gasteiger charge is 2.02. The third-order valence-electron chi connectivity index (χ3n) is 2.25. The van der Waals surface area contributed by atoms with Crippen LogP contribution in [0, 0.1) is 0 Å². The zero-order valence-corrected chi connectivity index (χ0v) is 9.03. The monoisotopic (exact) mass is 208 g/mol. The number of amides is 1. The number of hydrogen-bond donors (Lipinski definition) is 2. The molecule has 0 unspecified atom stereocenters. The van der Waals surface area contributed by atoms with E-state index in [0.717, 1.165) is 18.8 Å². The van der Waals surface area contributed by atoms with Crippen LogP contribution in [0.3, 0.4) is 0 Å². The first kappa shape index (κ1) is 11.4. The molecule has 1 aromatic rings. The summed E-state index contributed by atoms with van der Waals surface area (Å²) < 4.78 is 0. The number of nitrogens with one attached hydrogen (secondary N) is 1. The smallest absolute Gasteiger partial charge is 0.409 e. The number of carboxylic acid groups (broad SMARTS) is 1. The lowest BCUT2D eigenvalue weighted by Gasteiger charge is -2.21. The molecular formula is C11H16N2O2. The molecule has 0 aliphatic carbocycles. The van der Waals surface area contributed by atoms with Crippen LogP contribution >= 0.6 is 0 Å². The van der Waals surface area contributed by atoms with Gasteiger partial charge in [-0.2, -0.15) is 0 Å². The minimum Gasteiger partial charge on any atom is -0.465 e. The Labute approximate surface area is 89.5 Å². The van der Waals surface area contributed by atoms with Gasteiger partial charge in [-0.25, -0.2) is 4.79 Å². The summed E-state index contributed by atoms with van der Waals surface area (Å²) >= 11 is 0. The molecule has 0 spiro atoms. The first-order valence-electron chi connectivity index (χ1n) is 5.02. The maximum Gasteiger partial charge on any atom is 0.409 e. The Morgan fingerprint density at radius 3 is 2.20 bits per heavy atom. The largest absolute Gasteiger partial charge is 0.465 e. The molecule has 15 heavy (non-hydrogen) atoms. The van der Waals surface area contributed by atoms with Crippen LogP contribution in [0.15, 0.2) is 24.3 Å². The Balaban J connectivity index is 2.75. The number of hydrogen-bond acceptors (Lipinski definition) is 2. The van der Waals surface area contributed by atoms with Crippen LogP contribution < -0.4 is 10.2 Å². The summed E-state index contributed by atoms with van der Waals surface area (Å²) in [6.45, 7) is 6.07. The van der Waals surface area contributed by atoms with Crippen molar-refractivity contribution in [2.45, 2.75) is 13.8 Å². The summed E-state index contributed by atoms with van der Waals surface area (Å²) in [7, 11) is 0. The molecule has 0 saturated heterocycles. The van der Waals surface area contributed by atoms with Gasteiger partial charge >= 0.3 is 6.09 Å². The van der Waals surface area contributed by atoms with Crippen molar-refractivity contribution in [1.82, 2.24) is 0 Å². The highest BCUT2D eigenvalue weighted by Crippen LogP contribution is 2.17. The number of benzene rings is 1. The topological polar surface area (TPSA) is 52.6 Å². The van der Waals surface area contributed by atoms with E-state index in [4.69, 9.17) is 5.11 Å². The second kappa shape index (κ2) is 5.24. The quantitative estimate of drug-likeness (QED) is 0.799. The Morgan fingerprint density at radius 2 is 1.80 bits per heavy atom. The van der Waals surface area contributed by atoms with E-state index in [-0.39, 0.29) is 0 Å². The molecule has 0 aliphatic heterocycles. The zero-order chi connectivity index (χ0) is 11.3. The van der Waals surface area contributed by atoms with Crippen molar-refractivity contribution in [2.24, 2.45) is 0 Å². The van der Waals surface area contributed by atoms with Crippen LogP contribution in [0.5, 0.6) is 0 Å². The van der Waals surface area contributed by atoms with Crippen molar-refractivity contribution >= 4 is 17.5 Å². The van der Waals surface area contributed by atoms with Gasteiger partial charge in [0.1, 0.15) is 0 Å². The molecule has 1 amide bonds. The van der Waals surface area contributed by atoms with Gasteiger partial charge < -0.3 is 10.0 Å². The lowest BCUT2D eigenvalue weighted by Crippen LogP contribution is -2.21. The molecule has 0 aromatic heterocycles.